The monoisotopic (exact) mass is 1100 g/mol. The second-order valence-electron chi connectivity index (χ2n) is 25.1. The number of carbonyl (C=O) groups is 2. The second-order valence-corrected chi connectivity index (χ2v) is 25.1. The first-order valence-electron chi connectivity index (χ1n) is 27.7. The predicted octanol–water partition coefficient (Wildman–Crippen LogP) is 0.793. The Morgan fingerprint density at radius 3 is 2.06 bits per heavy atom. The molecule has 27 atom stereocenters. The highest BCUT2D eigenvalue weighted by atomic mass is 16.8. The molecule has 438 valence electrons. The van der Waals surface area contributed by atoms with Crippen molar-refractivity contribution < 1.29 is 108 Å². The van der Waals surface area contributed by atoms with E-state index in [1.54, 1.807) is 0 Å². The molecule has 0 aromatic rings. The fourth-order valence-corrected chi connectivity index (χ4v) is 16.1. The third-order valence-corrected chi connectivity index (χ3v) is 19.9. The largest absolute Gasteiger partial charge is 0.462 e. The van der Waals surface area contributed by atoms with Crippen LogP contribution in [0.1, 0.15) is 114 Å². The molecule has 8 fully saturated rings. The SMILES string of the molecule is COC1C(O)COC(OC2C(O)C(CO)OC(OC3C(C)OC(OC4C(OC5CCC6(C)C7CCC89C(=O)OC(C)(CCC=C(C)C)C8C(OC(C)=O)CC9(C)C7=CCC6C5(C)C)OCC(O)C4O)C(O)C3O)C2O)C1O. The van der Waals surface area contributed by atoms with Gasteiger partial charge < -0.3 is 98.1 Å². The van der Waals surface area contributed by atoms with Gasteiger partial charge >= 0.3 is 11.9 Å². The lowest BCUT2D eigenvalue weighted by Gasteiger charge is -2.63. The van der Waals surface area contributed by atoms with Gasteiger partial charge in [0.25, 0.3) is 0 Å². The predicted molar refractivity (Wildman–Crippen MR) is 265 cm³/mol. The van der Waals surface area contributed by atoms with Gasteiger partial charge in [0.05, 0.1) is 43.4 Å². The van der Waals surface area contributed by atoms with Crippen molar-refractivity contribution >= 4 is 11.9 Å². The Morgan fingerprint density at radius 1 is 0.740 bits per heavy atom. The topological polar surface area (TPSA) is 318 Å². The summed E-state index contributed by atoms with van der Waals surface area (Å²) >= 11 is 0. The maximum atomic E-state index is 14.6. The first-order valence-corrected chi connectivity index (χ1v) is 27.7. The molecule has 0 radical (unpaired) electrons. The van der Waals surface area contributed by atoms with Crippen molar-refractivity contribution in [3.8, 4) is 0 Å². The summed E-state index contributed by atoms with van der Waals surface area (Å²) in [6.45, 7) is 16.5. The van der Waals surface area contributed by atoms with Gasteiger partial charge in [-0.25, -0.2) is 0 Å². The molecule has 0 amide bonds. The Bertz CT molecular complexity index is 2190. The zero-order chi connectivity index (χ0) is 56.1. The van der Waals surface area contributed by atoms with Crippen LogP contribution >= 0.6 is 0 Å². The Balaban J connectivity index is 0.887. The first-order chi connectivity index (χ1) is 36.2. The minimum atomic E-state index is -1.87. The highest BCUT2D eigenvalue weighted by Crippen LogP contribution is 2.76. The van der Waals surface area contributed by atoms with Gasteiger partial charge in [0, 0.05) is 19.4 Å². The fraction of sp³-hybridized carbons (Fsp3) is 0.891. The van der Waals surface area contributed by atoms with Crippen molar-refractivity contribution in [2.75, 3.05) is 26.9 Å². The number of hydrogen-bond donors (Lipinski definition) is 9. The minimum absolute atomic E-state index is 0.0787. The van der Waals surface area contributed by atoms with Crippen molar-refractivity contribution in [1.29, 1.82) is 0 Å². The van der Waals surface area contributed by atoms with E-state index in [0.29, 0.717) is 32.1 Å². The fourth-order valence-electron chi connectivity index (χ4n) is 16.1. The van der Waals surface area contributed by atoms with Crippen LogP contribution in [0.15, 0.2) is 23.3 Å². The van der Waals surface area contributed by atoms with Gasteiger partial charge in [0.1, 0.15) is 91.1 Å². The summed E-state index contributed by atoms with van der Waals surface area (Å²) in [5.41, 5.74) is -0.620. The van der Waals surface area contributed by atoms with E-state index < -0.39 is 151 Å². The van der Waals surface area contributed by atoms with E-state index in [1.165, 1.54) is 32.1 Å². The highest BCUT2D eigenvalue weighted by molar-refractivity contribution is 5.84. The quantitative estimate of drug-likeness (QED) is 0.0858. The Hall–Kier alpha value is -2.30. The molecular formula is C55H86O22. The van der Waals surface area contributed by atoms with E-state index in [2.05, 4.69) is 39.8 Å². The van der Waals surface area contributed by atoms with Crippen LogP contribution in [0.5, 0.6) is 0 Å². The van der Waals surface area contributed by atoms with Crippen molar-refractivity contribution in [2.24, 2.45) is 39.4 Å². The van der Waals surface area contributed by atoms with Crippen LogP contribution in [0, 0.1) is 39.4 Å². The van der Waals surface area contributed by atoms with Crippen LogP contribution in [-0.2, 0) is 61.7 Å². The minimum Gasteiger partial charge on any atom is -0.462 e. The molecule has 27 unspecified atom stereocenters. The summed E-state index contributed by atoms with van der Waals surface area (Å²) in [6, 6.07) is 0. The average molecular weight is 1100 g/mol. The molecule has 9 aliphatic rings. The molecule has 0 aromatic carbocycles. The molecule has 22 heteroatoms. The van der Waals surface area contributed by atoms with E-state index in [4.69, 9.17) is 52.1 Å². The third kappa shape index (κ3) is 9.99. The Kier molecular flexibility index (Phi) is 17.0. The van der Waals surface area contributed by atoms with E-state index >= 15 is 0 Å². The van der Waals surface area contributed by atoms with Crippen LogP contribution < -0.4 is 0 Å². The summed E-state index contributed by atoms with van der Waals surface area (Å²) in [4.78, 5) is 27.4. The Labute approximate surface area is 450 Å². The van der Waals surface area contributed by atoms with Crippen LogP contribution in [0.3, 0.4) is 0 Å². The lowest BCUT2D eigenvalue weighted by atomic mass is 9.41. The van der Waals surface area contributed by atoms with Crippen molar-refractivity contribution in [3.05, 3.63) is 23.3 Å². The number of aliphatic hydroxyl groups is 9. The maximum Gasteiger partial charge on any atom is 0.314 e. The lowest BCUT2D eigenvalue weighted by molar-refractivity contribution is -0.387. The van der Waals surface area contributed by atoms with Crippen molar-refractivity contribution in [2.45, 2.75) is 242 Å². The summed E-state index contributed by atoms with van der Waals surface area (Å²) in [5, 5.41) is 99.1. The van der Waals surface area contributed by atoms with Crippen LogP contribution in [0.4, 0.5) is 0 Å². The molecule has 0 aromatic heterocycles. The van der Waals surface area contributed by atoms with Gasteiger partial charge in [-0.1, -0.05) is 51.0 Å². The molecule has 77 heavy (non-hydrogen) atoms. The summed E-state index contributed by atoms with van der Waals surface area (Å²) < 4.78 is 66.0. The number of methoxy groups -OCH3 is 1. The number of allylic oxidation sites excluding steroid dienone is 4. The number of fused-ring (bicyclic) bond motifs is 4. The number of cyclic esters (lactones) is 1. The van der Waals surface area contributed by atoms with Gasteiger partial charge in [0.2, 0.25) is 0 Å². The lowest BCUT2D eigenvalue weighted by Crippen LogP contribution is -2.66. The second kappa shape index (κ2) is 22.1. The third-order valence-electron chi connectivity index (χ3n) is 19.9. The van der Waals surface area contributed by atoms with E-state index in [-0.39, 0.29) is 48.3 Å². The first kappa shape index (κ1) is 59.3. The number of hydrogen-bond acceptors (Lipinski definition) is 22. The summed E-state index contributed by atoms with van der Waals surface area (Å²) in [5.74, 6) is -0.698. The zero-order valence-electron chi connectivity index (χ0n) is 46.0. The highest BCUT2D eigenvalue weighted by Gasteiger charge is 2.79. The van der Waals surface area contributed by atoms with E-state index in [0.717, 1.165) is 19.3 Å². The van der Waals surface area contributed by atoms with Crippen LogP contribution in [0.2, 0.25) is 0 Å². The van der Waals surface area contributed by atoms with Crippen LogP contribution in [-0.4, -0.2) is 213 Å². The Morgan fingerprint density at radius 2 is 1.39 bits per heavy atom. The van der Waals surface area contributed by atoms with E-state index in [9.17, 15) is 55.5 Å². The van der Waals surface area contributed by atoms with Gasteiger partial charge in [0.15, 0.2) is 25.2 Å². The molecule has 5 heterocycles. The van der Waals surface area contributed by atoms with Crippen molar-refractivity contribution in [1.82, 2.24) is 0 Å². The van der Waals surface area contributed by atoms with Gasteiger partial charge in [-0.05, 0) is 102 Å². The normalized spacial score (nSPS) is 51.3. The number of carbonyl (C=O) groups excluding carboxylic acids is 2. The van der Waals surface area contributed by atoms with Gasteiger partial charge in [-0.2, -0.15) is 0 Å². The zero-order valence-corrected chi connectivity index (χ0v) is 46.0. The molecule has 9 rings (SSSR count). The molecule has 4 aliphatic carbocycles. The summed E-state index contributed by atoms with van der Waals surface area (Å²) in [6.07, 6.45) is -18.4. The molecule has 3 saturated carbocycles. The smallest absolute Gasteiger partial charge is 0.314 e. The van der Waals surface area contributed by atoms with Crippen molar-refractivity contribution in [3.63, 3.8) is 0 Å². The molecule has 22 nitrogen and oxygen atoms in total. The van der Waals surface area contributed by atoms with Gasteiger partial charge in [-0.3, -0.25) is 9.59 Å². The number of aliphatic hydroxyl groups excluding tert-OH is 9. The maximum absolute atomic E-state index is 14.6. The van der Waals surface area contributed by atoms with E-state index in [1.807, 2.05) is 20.8 Å². The molecule has 5 aliphatic heterocycles. The number of esters is 2. The molecule has 5 saturated heterocycles. The average Bonchev–Trinajstić information content (AvgIpc) is 3.93. The number of rotatable bonds is 14. The summed E-state index contributed by atoms with van der Waals surface area (Å²) in [7, 11) is 1.27. The standard InChI is InChI=1S/C55H86O22/c1-24(2)12-11-17-54(9)45-31(71-26(4)57)20-53(8)28-13-14-33-51(5,6)34(16-18-52(33,7)27(28)15-19-55(45,53)50(66)77-54)73-49-44(35(60)29(58)22-69-49)76-47-38(63)37(62)41(25(3)70-47)74-48-40(65)43(36(61)32(21-56)72-48)75-46-39(64)42(67-10)30(59)23-68-46/h12-13,25,27,29-49,56,58-65H,11,14-23H2,1-10H3. The molecule has 9 N–H and O–H groups in total. The van der Waals surface area contributed by atoms with Crippen LogP contribution in [0.25, 0.3) is 0 Å². The molecule has 1 spiro atoms. The number of ether oxygens (including phenoxy) is 11. The van der Waals surface area contributed by atoms with Gasteiger partial charge in [-0.15, -0.1) is 0 Å². The molecule has 0 bridgehead atoms. The molecular weight excluding hydrogens is 1010 g/mol.